The molecule has 27 heavy (non-hydrogen) atoms. The molecule has 0 aliphatic rings. The van der Waals surface area contributed by atoms with E-state index in [1.165, 1.54) is 0 Å². The Hall–Kier alpha value is -1.72. The average Bonchev–Trinajstić information content (AvgIpc) is 2.94. The summed E-state index contributed by atoms with van der Waals surface area (Å²) in [5.74, 6) is 1.16. The lowest BCUT2D eigenvalue weighted by Crippen LogP contribution is -2.49. The van der Waals surface area contributed by atoms with Crippen LogP contribution in [0.2, 0.25) is 10.0 Å². The molecule has 0 radical (unpaired) electrons. The highest BCUT2D eigenvalue weighted by molar-refractivity contribution is 6.35. The van der Waals surface area contributed by atoms with E-state index in [0.717, 1.165) is 11.4 Å². The average molecular weight is 411 g/mol. The molecule has 0 atom stereocenters. The number of imidazole rings is 1. The third kappa shape index (κ3) is 6.74. The molecule has 0 saturated heterocycles. The molecular formula is C20H28Cl2N4O. The summed E-state index contributed by atoms with van der Waals surface area (Å²) in [4.78, 5) is 19.0. The van der Waals surface area contributed by atoms with Gasteiger partial charge in [-0.1, -0.05) is 43.1 Å². The van der Waals surface area contributed by atoms with Crippen LogP contribution in [0.15, 0.2) is 30.6 Å². The number of benzene rings is 1. The molecule has 1 heterocycles. The zero-order valence-electron chi connectivity index (χ0n) is 16.6. The molecule has 0 spiro atoms. The molecule has 0 unspecified atom stereocenters. The number of urea groups is 1. The Morgan fingerprint density at radius 2 is 2.00 bits per heavy atom. The summed E-state index contributed by atoms with van der Waals surface area (Å²) in [6.45, 7) is 11.8. The van der Waals surface area contributed by atoms with Crippen molar-refractivity contribution in [1.29, 1.82) is 0 Å². The Morgan fingerprint density at radius 3 is 2.59 bits per heavy atom. The van der Waals surface area contributed by atoms with Crippen LogP contribution in [0.1, 0.15) is 46.0 Å². The van der Waals surface area contributed by atoms with Gasteiger partial charge in [0, 0.05) is 34.5 Å². The fourth-order valence-corrected chi connectivity index (χ4v) is 3.17. The predicted molar refractivity (Wildman–Crippen MR) is 111 cm³/mol. The number of hydrogen-bond donors (Lipinski definition) is 1. The first-order valence-corrected chi connectivity index (χ1v) is 9.82. The van der Waals surface area contributed by atoms with Crippen molar-refractivity contribution in [3.63, 3.8) is 0 Å². The van der Waals surface area contributed by atoms with Crippen molar-refractivity contribution in [3.8, 4) is 0 Å². The van der Waals surface area contributed by atoms with Crippen LogP contribution >= 0.6 is 23.2 Å². The number of nitrogens with zero attached hydrogens (tertiary/aromatic N) is 3. The monoisotopic (exact) mass is 410 g/mol. The smallest absolute Gasteiger partial charge is 0.318 e. The van der Waals surface area contributed by atoms with Gasteiger partial charge in [-0.25, -0.2) is 9.78 Å². The Bertz CT molecular complexity index is 781. The SMILES string of the molecule is CC(C)CN(Cc1nccn1Cc1ccc(Cl)cc1Cl)C(=O)NC(C)(C)C. The molecule has 2 aromatic rings. The number of carbonyl (C=O) groups excluding carboxylic acids is 1. The molecule has 1 N–H and O–H groups in total. The number of aromatic nitrogens is 2. The quantitative estimate of drug-likeness (QED) is 0.710. The number of rotatable bonds is 6. The molecule has 1 aromatic carbocycles. The normalized spacial score (nSPS) is 11.7. The molecule has 0 fully saturated rings. The van der Waals surface area contributed by atoms with Crippen molar-refractivity contribution < 1.29 is 4.79 Å². The second-order valence-electron chi connectivity index (χ2n) is 8.16. The largest absolute Gasteiger partial charge is 0.333 e. The van der Waals surface area contributed by atoms with E-state index in [4.69, 9.17) is 23.2 Å². The first-order chi connectivity index (χ1) is 12.5. The van der Waals surface area contributed by atoms with Crippen LogP contribution in [-0.4, -0.2) is 32.6 Å². The summed E-state index contributed by atoms with van der Waals surface area (Å²) in [5.41, 5.74) is 0.660. The van der Waals surface area contributed by atoms with Crippen molar-refractivity contribution in [3.05, 3.63) is 52.0 Å². The zero-order valence-corrected chi connectivity index (χ0v) is 18.1. The van der Waals surface area contributed by atoms with E-state index in [9.17, 15) is 4.79 Å². The summed E-state index contributed by atoms with van der Waals surface area (Å²) in [5, 5.41) is 4.26. The van der Waals surface area contributed by atoms with Gasteiger partial charge in [-0.15, -0.1) is 0 Å². The lowest BCUT2D eigenvalue weighted by Gasteiger charge is -2.29. The van der Waals surface area contributed by atoms with Gasteiger partial charge >= 0.3 is 6.03 Å². The highest BCUT2D eigenvalue weighted by atomic mass is 35.5. The van der Waals surface area contributed by atoms with E-state index in [2.05, 4.69) is 24.1 Å². The van der Waals surface area contributed by atoms with E-state index in [0.29, 0.717) is 35.6 Å². The molecule has 1 aromatic heterocycles. The van der Waals surface area contributed by atoms with E-state index in [-0.39, 0.29) is 11.6 Å². The fourth-order valence-electron chi connectivity index (χ4n) is 2.70. The van der Waals surface area contributed by atoms with Gasteiger partial charge in [-0.05, 0) is 44.4 Å². The third-order valence-electron chi connectivity index (χ3n) is 3.84. The summed E-state index contributed by atoms with van der Waals surface area (Å²) in [6.07, 6.45) is 3.64. The molecule has 0 aliphatic heterocycles. The highest BCUT2D eigenvalue weighted by Gasteiger charge is 2.22. The zero-order chi connectivity index (χ0) is 20.2. The maximum absolute atomic E-state index is 12.7. The third-order valence-corrected chi connectivity index (χ3v) is 4.43. The Labute approximate surface area is 171 Å². The van der Waals surface area contributed by atoms with Gasteiger partial charge in [-0.3, -0.25) is 0 Å². The van der Waals surface area contributed by atoms with E-state index in [1.54, 1.807) is 17.2 Å². The number of amides is 2. The maximum Gasteiger partial charge on any atom is 0.318 e. The number of nitrogens with one attached hydrogen (secondary N) is 1. The van der Waals surface area contributed by atoms with E-state index >= 15 is 0 Å². The van der Waals surface area contributed by atoms with Crippen LogP contribution < -0.4 is 5.32 Å². The molecular weight excluding hydrogens is 383 g/mol. The molecule has 2 amide bonds. The number of hydrogen-bond acceptors (Lipinski definition) is 2. The Balaban J connectivity index is 2.19. The summed E-state index contributed by atoms with van der Waals surface area (Å²) >= 11 is 12.3. The molecule has 2 rings (SSSR count). The van der Waals surface area contributed by atoms with Crippen molar-refractivity contribution in [1.82, 2.24) is 19.8 Å². The van der Waals surface area contributed by atoms with Gasteiger partial charge in [0.25, 0.3) is 0 Å². The van der Waals surface area contributed by atoms with Crippen LogP contribution in [0.3, 0.4) is 0 Å². The topological polar surface area (TPSA) is 50.2 Å². The highest BCUT2D eigenvalue weighted by Crippen LogP contribution is 2.22. The van der Waals surface area contributed by atoms with Crippen molar-refractivity contribution in [2.45, 2.75) is 53.2 Å². The summed E-state index contributed by atoms with van der Waals surface area (Å²) < 4.78 is 2.01. The minimum absolute atomic E-state index is 0.0877. The van der Waals surface area contributed by atoms with Gasteiger partial charge in [0.15, 0.2) is 0 Å². The molecule has 7 heteroatoms. The lowest BCUT2D eigenvalue weighted by molar-refractivity contribution is 0.177. The fraction of sp³-hybridized carbons (Fsp3) is 0.500. The van der Waals surface area contributed by atoms with Crippen LogP contribution in [0.5, 0.6) is 0 Å². The molecule has 0 bridgehead atoms. The van der Waals surface area contributed by atoms with Crippen LogP contribution in [0.25, 0.3) is 0 Å². The van der Waals surface area contributed by atoms with Crippen LogP contribution in [0, 0.1) is 5.92 Å². The van der Waals surface area contributed by atoms with Gasteiger partial charge in [0.1, 0.15) is 5.82 Å². The molecule has 148 valence electrons. The van der Waals surface area contributed by atoms with Gasteiger partial charge in [0.2, 0.25) is 0 Å². The first kappa shape index (κ1) is 21.6. The summed E-state index contributed by atoms with van der Waals surface area (Å²) in [7, 11) is 0. The minimum Gasteiger partial charge on any atom is -0.333 e. The van der Waals surface area contributed by atoms with Gasteiger partial charge in [0.05, 0.1) is 13.1 Å². The maximum atomic E-state index is 12.7. The second kappa shape index (κ2) is 8.98. The van der Waals surface area contributed by atoms with E-state index in [1.807, 2.05) is 43.7 Å². The number of carbonyl (C=O) groups is 1. The number of halogens is 2. The lowest BCUT2D eigenvalue weighted by atomic mass is 10.1. The van der Waals surface area contributed by atoms with Crippen LogP contribution in [0.4, 0.5) is 4.79 Å². The minimum atomic E-state index is -0.293. The van der Waals surface area contributed by atoms with Crippen LogP contribution in [-0.2, 0) is 13.1 Å². The molecule has 0 saturated carbocycles. The first-order valence-electron chi connectivity index (χ1n) is 9.06. The van der Waals surface area contributed by atoms with Crippen molar-refractivity contribution in [2.24, 2.45) is 5.92 Å². The predicted octanol–water partition coefficient (Wildman–Crippen LogP) is 5.20. The second-order valence-corrected chi connectivity index (χ2v) is 9.01. The molecule has 0 aliphatic carbocycles. The van der Waals surface area contributed by atoms with E-state index < -0.39 is 0 Å². The summed E-state index contributed by atoms with van der Waals surface area (Å²) in [6, 6.07) is 5.38. The van der Waals surface area contributed by atoms with Gasteiger partial charge < -0.3 is 14.8 Å². The van der Waals surface area contributed by atoms with Crippen molar-refractivity contribution >= 4 is 29.2 Å². The van der Waals surface area contributed by atoms with Gasteiger partial charge in [-0.2, -0.15) is 0 Å². The molecule has 5 nitrogen and oxygen atoms in total. The standard InChI is InChI=1S/C20H28Cl2N4O/c1-14(2)11-26(19(27)24-20(3,4)5)13-18-23-8-9-25(18)12-15-6-7-16(21)10-17(15)22/h6-10,14H,11-13H2,1-5H3,(H,24,27). The Kier molecular flexibility index (Phi) is 7.18. The Morgan fingerprint density at radius 1 is 1.30 bits per heavy atom. The van der Waals surface area contributed by atoms with Crippen molar-refractivity contribution in [2.75, 3.05) is 6.54 Å².